The number of hydrogen-bond donors (Lipinski definition) is 1. The zero-order valence-corrected chi connectivity index (χ0v) is 8.19. The van der Waals surface area contributed by atoms with Crippen molar-refractivity contribution < 1.29 is 0 Å². The van der Waals surface area contributed by atoms with E-state index in [0.29, 0.717) is 5.88 Å². The van der Waals surface area contributed by atoms with Gasteiger partial charge in [0.2, 0.25) is 0 Å². The number of halogens is 1. The summed E-state index contributed by atoms with van der Waals surface area (Å²) in [5.41, 5.74) is 0. The van der Waals surface area contributed by atoms with Gasteiger partial charge in [0.05, 0.1) is 0 Å². The second kappa shape index (κ2) is 8.09. The molecule has 0 spiro atoms. The molecule has 0 aromatic carbocycles. The van der Waals surface area contributed by atoms with Crippen LogP contribution in [0.3, 0.4) is 0 Å². The molecule has 0 bridgehead atoms. The van der Waals surface area contributed by atoms with Crippen molar-refractivity contribution in [3.05, 3.63) is 12.2 Å². The summed E-state index contributed by atoms with van der Waals surface area (Å²) in [6.45, 7) is 6.51. The maximum atomic E-state index is 5.45. The third kappa shape index (κ3) is 9.99. The predicted molar refractivity (Wildman–Crippen MR) is 52.2 cm³/mol. The van der Waals surface area contributed by atoms with Gasteiger partial charge in [-0.2, -0.15) is 0 Å². The molecule has 0 aromatic heterocycles. The van der Waals surface area contributed by atoms with Gasteiger partial charge in [-0.1, -0.05) is 26.0 Å². The molecule has 0 aliphatic rings. The molecule has 0 heterocycles. The van der Waals surface area contributed by atoms with Gasteiger partial charge in [-0.3, -0.25) is 0 Å². The summed E-state index contributed by atoms with van der Waals surface area (Å²) in [4.78, 5) is 0. The molecular formula is C9H18ClN. The molecule has 1 N–H and O–H groups in total. The van der Waals surface area contributed by atoms with Crippen molar-refractivity contribution in [2.24, 2.45) is 5.92 Å². The molecule has 0 aliphatic carbocycles. The first-order valence-corrected chi connectivity index (χ1v) is 4.72. The first-order valence-electron chi connectivity index (χ1n) is 4.19. The lowest BCUT2D eigenvalue weighted by atomic mass is 10.1. The van der Waals surface area contributed by atoms with Crippen LogP contribution in [0, 0.1) is 5.92 Å². The Morgan fingerprint density at radius 1 is 1.36 bits per heavy atom. The van der Waals surface area contributed by atoms with Gasteiger partial charge in [-0.25, -0.2) is 0 Å². The van der Waals surface area contributed by atoms with Gasteiger partial charge in [0.1, 0.15) is 0 Å². The second-order valence-corrected chi connectivity index (χ2v) is 3.32. The largest absolute Gasteiger partial charge is 0.313 e. The summed E-state index contributed by atoms with van der Waals surface area (Å²) in [5.74, 6) is 1.41. The molecule has 1 nitrogen and oxygen atoms in total. The van der Waals surface area contributed by atoms with Crippen LogP contribution in [0.15, 0.2) is 12.2 Å². The highest BCUT2D eigenvalue weighted by Crippen LogP contribution is 1.95. The predicted octanol–water partition coefficient (Wildman–Crippen LogP) is 2.42. The van der Waals surface area contributed by atoms with Crippen molar-refractivity contribution in [3.63, 3.8) is 0 Å². The number of hydrogen-bond acceptors (Lipinski definition) is 1. The van der Waals surface area contributed by atoms with Gasteiger partial charge in [0, 0.05) is 12.4 Å². The Morgan fingerprint density at radius 3 is 2.64 bits per heavy atom. The monoisotopic (exact) mass is 175 g/mol. The third-order valence-electron chi connectivity index (χ3n) is 1.42. The van der Waals surface area contributed by atoms with E-state index < -0.39 is 0 Å². The summed E-state index contributed by atoms with van der Waals surface area (Å²) in [7, 11) is 0. The van der Waals surface area contributed by atoms with Gasteiger partial charge >= 0.3 is 0 Å². The van der Waals surface area contributed by atoms with Crippen LogP contribution in [0.2, 0.25) is 0 Å². The minimum Gasteiger partial charge on any atom is -0.313 e. The van der Waals surface area contributed by atoms with Crippen LogP contribution in [-0.4, -0.2) is 19.0 Å². The Kier molecular flexibility index (Phi) is 8.08. The van der Waals surface area contributed by atoms with Gasteiger partial charge in [0.15, 0.2) is 0 Å². The summed E-state index contributed by atoms with van der Waals surface area (Å²) >= 11 is 5.45. The van der Waals surface area contributed by atoms with E-state index in [1.54, 1.807) is 0 Å². The Balaban J connectivity index is 2.96. The zero-order chi connectivity index (χ0) is 8.53. The maximum absolute atomic E-state index is 5.45. The average Bonchev–Trinajstić information content (AvgIpc) is 1.96. The van der Waals surface area contributed by atoms with Crippen molar-refractivity contribution in [1.82, 2.24) is 5.32 Å². The number of rotatable bonds is 6. The first kappa shape index (κ1) is 11.0. The lowest BCUT2D eigenvalue weighted by molar-refractivity contribution is 0.552. The molecular weight excluding hydrogens is 158 g/mol. The SMILES string of the molecule is CC(C)CCNC/C=C/CCl. The molecule has 66 valence electrons. The number of nitrogens with one attached hydrogen (secondary N) is 1. The molecule has 0 fully saturated rings. The number of alkyl halides is 1. The zero-order valence-electron chi connectivity index (χ0n) is 7.44. The molecule has 0 saturated carbocycles. The number of allylic oxidation sites excluding steroid dienone is 1. The lowest BCUT2D eigenvalue weighted by Gasteiger charge is -2.03. The van der Waals surface area contributed by atoms with E-state index in [4.69, 9.17) is 11.6 Å². The summed E-state index contributed by atoms with van der Waals surface area (Å²) in [6.07, 6.45) is 5.27. The van der Waals surface area contributed by atoms with Crippen molar-refractivity contribution in [2.75, 3.05) is 19.0 Å². The van der Waals surface area contributed by atoms with E-state index >= 15 is 0 Å². The first-order chi connectivity index (χ1) is 5.27. The Hall–Kier alpha value is -0.0100. The van der Waals surface area contributed by atoms with Crippen LogP contribution in [0.1, 0.15) is 20.3 Å². The molecule has 0 saturated heterocycles. The fraction of sp³-hybridized carbons (Fsp3) is 0.778. The van der Waals surface area contributed by atoms with Crippen molar-refractivity contribution in [1.29, 1.82) is 0 Å². The quantitative estimate of drug-likeness (QED) is 0.372. The molecule has 0 atom stereocenters. The van der Waals surface area contributed by atoms with E-state index in [1.807, 2.05) is 6.08 Å². The molecule has 0 rings (SSSR count). The minimum atomic E-state index is 0.617. The van der Waals surface area contributed by atoms with Gasteiger partial charge in [0.25, 0.3) is 0 Å². The lowest BCUT2D eigenvalue weighted by Crippen LogP contribution is -2.16. The van der Waals surface area contributed by atoms with E-state index in [0.717, 1.165) is 19.0 Å². The summed E-state index contributed by atoms with van der Waals surface area (Å²) in [5, 5.41) is 3.31. The molecule has 11 heavy (non-hydrogen) atoms. The highest BCUT2D eigenvalue weighted by molar-refractivity contribution is 6.18. The fourth-order valence-electron chi connectivity index (χ4n) is 0.722. The van der Waals surface area contributed by atoms with Gasteiger partial charge in [-0.05, 0) is 18.9 Å². The summed E-state index contributed by atoms with van der Waals surface area (Å²) < 4.78 is 0. The van der Waals surface area contributed by atoms with E-state index in [1.165, 1.54) is 6.42 Å². The molecule has 0 aromatic rings. The molecule has 0 unspecified atom stereocenters. The Bertz CT molecular complexity index is 99.7. The normalized spacial score (nSPS) is 11.6. The fourth-order valence-corrected chi connectivity index (χ4v) is 0.848. The molecule has 0 radical (unpaired) electrons. The van der Waals surface area contributed by atoms with Crippen molar-refractivity contribution in [2.45, 2.75) is 20.3 Å². The van der Waals surface area contributed by atoms with Gasteiger partial charge in [-0.15, -0.1) is 11.6 Å². The molecule has 2 heteroatoms. The van der Waals surface area contributed by atoms with E-state index in [-0.39, 0.29) is 0 Å². The van der Waals surface area contributed by atoms with Crippen LogP contribution in [0.4, 0.5) is 0 Å². The van der Waals surface area contributed by atoms with Crippen LogP contribution in [-0.2, 0) is 0 Å². The summed E-state index contributed by atoms with van der Waals surface area (Å²) in [6, 6.07) is 0. The standard InChI is InChI=1S/C9H18ClN/c1-9(2)5-8-11-7-4-3-6-10/h3-4,9,11H,5-8H2,1-2H3/b4-3+. The molecule has 0 amide bonds. The Morgan fingerprint density at radius 2 is 2.09 bits per heavy atom. The smallest absolute Gasteiger partial charge is 0.0404 e. The van der Waals surface area contributed by atoms with Crippen molar-refractivity contribution >= 4 is 11.6 Å². The maximum Gasteiger partial charge on any atom is 0.0404 e. The van der Waals surface area contributed by atoms with E-state index in [2.05, 4.69) is 25.2 Å². The van der Waals surface area contributed by atoms with Crippen LogP contribution in [0.25, 0.3) is 0 Å². The van der Waals surface area contributed by atoms with Crippen LogP contribution in [0.5, 0.6) is 0 Å². The van der Waals surface area contributed by atoms with Gasteiger partial charge < -0.3 is 5.32 Å². The molecule has 0 aliphatic heterocycles. The third-order valence-corrected chi connectivity index (χ3v) is 1.59. The highest BCUT2D eigenvalue weighted by Gasteiger charge is 1.90. The average molecular weight is 176 g/mol. The second-order valence-electron chi connectivity index (χ2n) is 3.01. The topological polar surface area (TPSA) is 12.0 Å². The van der Waals surface area contributed by atoms with Crippen molar-refractivity contribution in [3.8, 4) is 0 Å². The van der Waals surface area contributed by atoms with Crippen LogP contribution < -0.4 is 5.32 Å². The Labute approximate surface area is 74.8 Å². The van der Waals surface area contributed by atoms with Crippen LogP contribution >= 0.6 is 11.6 Å². The highest BCUT2D eigenvalue weighted by atomic mass is 35.5. The minimum absolute atomic E-state index is 0.617. The van der Waals surface area contributed by atoms with E-state index in [9.17, 15) is 0 Å².